The van der Waals surface area contributed by atoms with E-state index in [0.717, 1.165) is 19.0 Å². The van der Waals surface area contributed by atoms with Gasteiger partial charge >= 0.3 is 0 Å². The third-order valence-electron chi connectivity index (χ3n) is 3.20. The van der Waals surface area contributed by atoms with Crippen LogP contribution in [0.2, 0.25) is 0 Å². The molecule has 1 heterocycles. The van der Waals surface area contributed by atoms with Gasteiger partial charge in [-0.25, -0.2) is 0 Å². The first kappa shape index (κ1) is 11.6. The number of aromatic nitrogens is 2. The Morgan fingerprint density at radius 3 is 2.81 bits per heavy atom. The standard InChI is InChI=1S/C13H23N3/c1-10(2)8-16-9-12(7-15-16)6-14-11(3)13-4-5-13/h7,9-11,13-14H,4-6,8H2,1-3H3. The van der Waals surface area contributed by atoms with Gasteiger partial charge in [-0.05, 0) is 31.6 Å². The van der Waals surface area contributed by atoms with Crippen molar-refractivity contribution >= 4 is 0 Å². The van der Waals surface area contributed by atoms with E-state index in [1.165, 1.54) is 18.4 Å². The SMILES string of the molecule is CC(C)Cn1cc(CNC(C)C2CC2)cn1. The van der Waals surface area contributed by atoms with Gasteiger partial charge in [0, 0.05) is 30.9 Å². The van der Waals surface area contributed by atoms with Gasteiger partial charge in [0.15, 0.2) is 0 Å². The molecule has 1 aliphatic rings. The molecule has 0 spiro atoms. The Kier molecular flexibility index (Phi) is 3.64. The molecule has 1 N–H and O–H groups in total. The van der Waals surface area contributed by atoms with E-state index in [2.05, 4.69) is 37.4 Å². The smallest absolute Gasteiger partial charge is 0.0534 e. The van der Waals surface area contributed by atoms with E-state index >= 15 is 0 Å². The van der Waals surface area contributed by atoms with Crippen LogP contribution in [-0.4, -0.2) is 15.8 Å². The van der Waals surface area contributed by atoms with Crippen molar-refractivity contribution in [1.29, 1.82) is 0 Å². The Balaban J connectivity index is 1.77. The quantitative estimate of drug-likeness (QED) is 0.799. The third-order valence-corrected chi connectivity index (χ3v) is 3.20. The summed E-state index contributed by atoms with van der Waals surface area (Å²) in [7, 11) is 0. The van der Waals surface area contributed by atoms with Crippen molar-refractivity contribution < 1.29 is 0 Å². The number of hydrogen-bond donors (Lipinski definition) is 1. The average molecular weight is 221 g/mol. The maximum Gasteiger partial charge on any atom is 0.0534 e. The molecule has 3 heteroatoms. The van der Waals surface area contributed by atoms with E-state index in [4.69, 9.17) is 0 Å². The molecule has 2 rings (SSSR count). The van der Waals surface area contributed by atoms with Gasteiger partial charge in [-0.15, -0.1) is 0 Å². The fourth-order valence-corrected chi connectivity index (χ4v) is 2.01. The summed E-state index contributed by atoms with van der Waals surface area (Å²) in [6, 6.07) is 0.661. The molecule has 1 aromatic heterocycles. The van der Waals surface area contributed by atoms with Crippen LogP contribution in [0.3, 0.4) is 0 Å². The molecule has 0 bridgehead atoms. The van der Waals surface area contributed by atoms with Gasteiger partial charge in [0.05, 0.1) is 6.20 Å². The van der Waals surface area contributed by atoms with Crippen LogP contribution in [-0.2, 0) is 13.1 Å². The largest absolute Gasteiger partial charge is 0.310 e. The summed E-state index contributed by atoms with van der Waals surface area (Å²) in [4.78, 5) is 0. The van der Waals surface area contributed by atoms with Crippen molar-refractivity contribution in [3.8, 4) is 0 Å². The predicted molar refractivity (Wildman–Crippen MR) is 66.1 cm³/mol. The van der Waals surface area contributed by atoms with Gasteiger partial charge < -0.3 is 5.32 Å². The summed E-state index contributed by atoms with van der Waals surface area (Å²) in [6.07, 6.45) is 6.95. The maximum atomic E-state index is 4.37. The number of hydrogen-bond acceptors (Lipinski definition) is 2. The molecule has 16 heavy (non-hydrogen) atoms. The van der Waals surface area contributed by atoms with Crippen molar-refractivity contribution in [1.82, 2.24) is 15.1 Å². The van der Waals surface area contributed by atoms with Crippen molar-refractivity contribution in [2.75, 3.05) is 0 Å². The predicted octanol–water partition coefficient (Wildman–Crippen LogP) is 2.43. The van der Waals surface area contributed by atoms with Crippen LogP contribution in [0.15, 0.2) is 12.4 Å². The highest BCUT2D eigenvalue weighted by atomic mass is 15.3. The van der Waals surface area contributed by atoms with Crippen LogP contribution in [0.4, 0.5) is 0 Å². The van der Waals surface area contributed by atoms with Gasteiger partial charge in [-0.3, -0.25) is 4.68 Å². The zero-order chi connectivity index (χ0) is 11.5. The molecule has 1 aromatic rings. The molecule has 0 aromatic carbocycles. The van der Waals surface area contributed by atoms with E-state index in [9.17, 15) is 0 Å². The van der Waals surface area contributed by atoms with E-state index < -0.39 is 0 Å². The topological polar surface area (TPSA) is 29.9 Å². The molecule has 1 unspecified atom stereocenters. The second kappa shape index (κ2) is 5.00. The molecule has 1 aliphatic carbocycles. The van der Waals surface area contributed by atoms with Crippen LogP contribution >= 0.6 is 0 Å². The summed E-state index contributed by atoms with van der Waals surface area (Å²) in [5.41, 5.74) is 1.30. The second-order valence-electron chi connectivity index (χ2n) is 5.47. The number of nitrogens with one attached hydrogen (secondary N) is 1. The zero-order valence-electron chi connectivity index (χ0n) is 10.6. The van der Waals surface area contributed by atoms with E-state index in [1.54, 1.807) is 0 Å². The molecular weight excluding hydrogens is 198 g/mol. The Hall–Kier alpha value is -0.830. The summed E-state index contributed by atoms with van der Waals surface area (Å²) < 4.78 is 2.05. The highest BCUT2D eigenvalue weighted by Crippen LogP contribution is 2.32. The minimum Gasteiger partial charge on any atom is -0.310 e. The van der Waals surface area contributed by atoms with Gasteiger partial charge in [-0.1, -0.05) is 13.8 Å². The van der Waals surface area contributed by atoms with Gasteiger partial charge in [0.1, 0.15) is 0 Å². The third kappa shape index (κ3) is 3.34. The van der Waals surface area contributed by atoms with Crippen LogP contribution < -0.4 is 5.32 Å². The first-order valence-corrected chi connectivity index (χ1v) is 6.40. The van der Waals surface area contributed by atoms with Crippen LogP contribution in [0, 0.1) is 11.8 Å². The van der Waals surface area contributed by atoms with Gasteiger partial charge in [-0.2, -0.15) is 5.10 Å². The highest BCUT2D eigenvalue weighted by Gasteiger charge is 2.27. The molecule has 3 nitrogen and oxygen atoms in total. The van der Waals surface area contributed by atoms with E-state index in [0.29, 0.717) is 12.0 Å². The molecule has 1 fully saturated rings. The Bertz CT molecular complexity index is 326. The lowest BCUT2D eigenvalue weighted by molar-refractivity contribution is 0.480. The normalized spacial score (nSPS) is 18.0. The lowest BCUT2D eigenvalue weighted by Gasteiger charge is -2.11. The lowest BCUT2D eigenvalue weighted by Crippen LogP contribution is -2.27. The minimum atomic E-state index is 0.658. The number of nitrogens with zero attached hydrogens (tertiary/aromatic N) is 2. The first-order valence-electron chi connectivity index (χ1n) is 6.40. The summed E-state index contributed by atoms with van der Waals surface area (Å²) in [5.74, 6) is 1.58. The summed E-state index contributed by atoms with van der Waals surface area (Å²) >= 11 is 0. The fourth-order valence-electron chi connectivity index (χ4n) is 2.01. The summed E-state index contributed by atoms with van der Waals surface area (Å²) in [6.45, 7) is 8.69. The van der Waals surface area contributed by atoms with E-state index in [-0.39, 0.29) is 0 Å². The van der Waals surface area contributed by atoms with Crippen LogP contribution in [0.5, 0.6) is 0 Å². The Morgan fingerprint density at radius 1 is 1.44 bits per heavy atom. The van der Waals surface area contributed by atoms with Gasteiger partial charge in [0.25, 0.3) is 0 Å². The monoisotopic (exact) mass is 221 g/mol. The van der Waals surface area contributed by atoms with Crippen molar-refractivity contribution in [2.24, 2.45) is 11.8 Å². The van der Waals surface area contributed by atoms with Crippen molar-refractivity contribution in [2.45, 2.75) is 52.7 Å². The lowest BCUT2D eigenvalue weighted by atomic mass is 10.2. The average Bonchev–Trinajstić information content (AvgIpc) is 2.97. The fraction of sp³-hybridized carbons (Fsp3) is 0.769. The van der Waals surface area contributed by atoms with E-state index in [1.807, 2.05) is 10.9 Å². The van der Waals surface area contributed by atoms with Crippen LogP contribution in [0.1, 0.15) is 39.2 Å². The Morgan fingerprint density at radius 2 is 2.19 bits per heavy atom. The zero-order valence-corrected chi connectivity index (χ0v) is 10.6. The van der Waals surface area contributed by atoms with Crippen molar-refractivity contribution in [3.05, 3.63) is 18.0 Å². The highest BCUT2D eigenvalue weighted by molar-refractivity contribution is 5.04. The molecule has 0 amide bonds. The molecule has 1 atom stereocenters. The maximum absolute atomic E-state index is 4.37. The molecule has 0 saturated heterocycles. The Labute approximate surface area is 98.2 Å². The van der Waals surface area contributed by atoms with Crippen LogP contribution in [0.25, 0.3) is 0 Å². The molecule has 0 radical (unpaired) electrons. The molecular formula is C13H23N3. The molecule has 90 valence electrons. The molecule has 1 saturated carbocycles. The number of rotatable bonds is 6. The molecule has 0 aliphatic heterocycles. The summed E-state index contributed by atoms with van der Waals surface area (Å²) in [5, 5.41) is 7.95. The first-order chi connectivity index (χ1) is 7.65. The minimum absolute atomic E-state index is 0.658. The van der Waals surface area contributed by atoms with Crippen molar-refractivity contribution in [3.63, 3.8) is 0 Å². The second-order valence-corrected chi connectivity index (χ2v) is 5.47. The van der Waals surface area contributed by atoms with Gasteiger partial charge in [0.2, 0.25) is 0 Å².